The smallest absolute Gasteiger partial charge is 0.324 e. The van der Waals surface area contributed by atoms with Gasteiger partial charge in [-0.3, -0.25) is 9.69 Å². The second-order valence-corrected chi connectivity index (χ2v) is 5.81. The highest BCUT2D eigenvalue weighted by atomic mass is 16.2. The van der Waals surface area contributed by atoms with E-state index in [9.17, 15) is 9.59 Å². The van der Waals surface area contributed by atoms with Crippen LogP contribution in [0.3, 0.4) is 0 Å². The first-order chi connectivity index (χ1) is 9.91. The maximum absolute atomic E-state index is 12.2. The van der Waals surface area contributed by atoms with Crippen LogP contribution in [0.1, 0.15) is 24.2 Å². The van der Waals surface area contributed by atoms with Crippen molar-refractivity contribution >= 4 is 17.9 Å². The van der Waals surface area contributed by atoms with Crippen LogP contribution < -0.4 is 10.2 Å². The van der Waals surface area contributed by atoms with Crippen molar-refractivity contribution in [2.24, 2.45) is 0 Å². The number of nitrogens with one attached hydrogen (secondary N) is 1. The molecule has 0 atom stereocenters. The van der Waals surface area contributed by atoms with E-state index < -0.39 is 5.54 Å². The molecule has 2 aliphatic heterocycles. The number of amides is 3. The van der Waals surface area contributed by atoms with E-state index in [4.69, 9.17) is 0 Å². The molecular formula is C14H19N5O2. The molecule has 0 bridgehead atoms. The van der Waals surface area contributed by atoms with E-state index in [0.717, 1.165) is 11.4 Å². The summed E-state index contributed by atoms with van der Waals surface area (Å²) in [5, 5.41) is 2.83. The van der Waals surface area contributed by atoms with Gasteiger partial charge in [0.25, 0.3) is 5.91 Å². The number of aromatic nitrogens is 2. The van der Waals surface area contributed by atoms with Crippen molar-refractivity contribution in [3.05, 3.63) is 17.5 Å². The number of anilines is 1. The minimum Gasteiger partial charge on any atom is -0.341 e. The molecule has 1 aromatic heterocycles. The van der Waals surface area contributed by atoms with Crippen LogP contribution in [0.25, 0.3) is 0 Å². The number of nitrogens with zero attached hydrogens (tertiary/aromatic N) is 4. The van der Waals surface area contributed by atoms with Crippen LogP contribution in [0.5, 0.6) is 0 Å². The molecule has 1 aromatic rings. The molecule has 21 heavy (non-hydrogen) atoms. The molecular weight excluding hydrogens is 270 g/mol. The fourth-order valence-electron chi connectivity index (χ4n) is 3.03. The number of hydrogen-bond acceptors (Lipinski definition) is 5. The number of aryl methyl sites for hydroxylation is 2. The zero-order valence-electron chi connectivity index (χ0n) is 12.5. The van der Waals surface area contributed by atoms with Gasteiger partial charge in [0.1, 0.15) is 5.54 Å². The number of carbonyl (C=O) groups excluding carboxylic acids is 2. The third-order valence-corrected chi connectivity index (χ3v) is 4.24. The molecule has 7 heteroatoms. The number of rotatable bonds is 1. The van der Waals surface area contributed by atoms with E-state index in [-0.39, 0.29) is 11.9 Å². The van der Waals surface area contributed by atoms with Gasteiger partial charge in [0.05, 0.1) is 0 Å². The number of likely N-dealkylation sites (N-methyl/N-ethyl adjacent to an activating group) is 1. The Balaban J connectivity index is 1.76. The summed E-state index contributed by atoms with van der Waals surface area (Å²) in [5.41, 5.74) is 1.13. The predicted molar refractivity (Wildman–Crippen MR) is 77.0 cm³/mol. The van der Waals surface area contributed by atoms with Crippen LogP contribution in [0.2, 0.25) is 0 Å². The highest BCUT2D eigenvalue weighted by Crippen LogP contribution is 2.30. The predicted octanol–water partition coefficient (Wildman–Crippen LogP) is 0.614. The Morgan fingerprint density at radius 2 is 1.71 bits per heavy atom. The Bertz CT molecular complexity index is 587. The molecule has 2 saturated heterocycles. The van der Waals surface area contributed by atoms with E-state index in [1.165, 1.54) is 11.9 Å². The third kappa shape index (κ3) is 2.22. The lowest BCUT2D eigenvalue weighted by atomic mass is 9.87. The fraction of sp³-hybridized carbons (Fsp3) is 0.571. The van der Waals surface area contributed by atoms with Crippen molar-refractivity contribution < 1.29 is 9.59 Å². The molecule has 0 aromatic carbocycles. The summed E-state index contributed by atoms with van der Waals surface area (Å²) < 4.78 is 0. The van der Waals surface area contributed by atoms with Crippen LogP contribution >= 0.6 is 0 Å². The lowest BCUT2D eigenvalue weighted by Crippen LogP contribution is -2.55. The van der Waals surface area contributed by atoms with E-state index in [1.54, 1.807) is 0 Å². The van der Waals surface area contributed by atoms with E-state index in [0.29, 0.717) is 31.9 Å². The molecule has 3 heterocycles. The Hall–Kier alpha value is -2.18. The molecule has 0 saturated carbocycles. The van der Waals surface area contributed by atoms with Gasteiger partial charge in [-0.15, -0.1) is 0 Å². The Morgan fingerprint density at radius 3 is 2.19 bits per heavy atom. The molecule has 3 amide bonds. The largest absolute Gasteiger partial charge is 0.341 e. The molecule has 0 aliphatic carbocycles. The van der Waals surface area contributed by atoms with Gasteiger partial charge >= 0.3 is 6.03 Å². The molecule has 1 N–H and O–H groups in total. The Morgan fingerprint density at radius 1 is 1.14 bits per heavy atom. The number of carbonyl (C=O) groups is 2. The van der Waals surface area contributed by atoms with Crippen molar-refractivity contribution in [3.63, 3.8) is 0 Å². The fourth-order valence-corrected chi connectivity index (χ4v) is 3.03. The molecule has 2 fully saturated rings. The summed E-state index contributed by atoms with van der Waals surface area (Å²) in [5.74, 6) is 0.570. The van der Waals surface area contributed by atoms with Crippen molar-refractivity contribution in [1.82, 2.24) is 20.2 Å². The van der Waals surface area contributed by atoms with Crippen molar-refractivity contribution in [1.29, 1.82) is 0 Å². The van der Waals surface area contributed by atoms with Crippen LogP contribution in [-0.4, -0.2) is 52.5 Å². The van der Waals surface area contributed by atoms with Gasteiger partial charge in [-0.05, 0) is 32.8 Å². The Kier molecular flexibility index (Phi) is 3.07. The number of piperidine rings is 1. The average Bonchev–Trinajstić information content (AvgIpc) is 2.63. The highest BCUT2D eigenvalue weighted by molar-refractivity contribution is 6.06. The summed E-state index contributed by atoms with van der Waals surface area (Å²) >= 11 is 0. The monoisotopic (exact) mass is 289 g/mol. The van der Waals surface area contributed by atoms with Gasteiger partial charge < -0.3 is 10.2 Å². The zero-order chi connectivity index (χ0) is 15.2. The van der Waals surface area contributed by atoms with E-state index in [2.05, 4.69) is 20.2 Å². The molecule has 2 aliphatic rings. The van der Waals surface area contributed by atoms with Crippen LogP contribution in [0.4, 0.5) is 10.7 Å². The summed E-state index contributed by atoms with van der Waals surface area (Å²) in [7, 11) is 1.52. The van der Waals surface area contributed by atoms with Gasteiger partial charge in [0.15, 0.2) is 0 Å². The maximum Gasteiger partial charge on any atom is 0.324 e. The second-order valence-electron chi connectivity index (χ2n) is 5.81. The third-order valence-electron chi connectivity index (χ3n) is 4.24. The molecule has 1 spiro atoms. The van der Waals surface area contributed by atoms with E-state index >= 15 is 0 Å². The summed E-state index contributed by atoms with van der Waals surface area (Å²) in [6, 6.07) is 1.63. The minimum atomic E-state index is -0.735. The summed E-state index contributed by atoms with van der Waals surface area (Å²) in [6.45, 7) is 5.20. The molecule has 3 rings (SSSR count). The second kappa shape index (κ2) is 4.68. The van der Waals surface area contributed by atoms with Crippen LogP contribution in [0, 0.1) is 13.8 Å². The van der Waals surface area contributed by atoms with Gasteiger partial charge in [0.2, 0.25) is 5.95 Å². The van der Waals surface area contributed by atoms with Crippen LogP contribution in [0.15, 0.2) is 6.07 Å². The van der Waals surface area contributed by atoms with Gasteiger partial charge in [-0.25, -0.2) is 14.8 Å². The molecule has 0 radical (unpaired) electrons. The maximum atomic E-state index is 12.2. The lowest BCUT2D eigenvalue weighted by molar-refractivity contribution is -0.131. The topological polar surface area (TPSA) is 78.4 Å². The quantitative estimate of drug-likeness (QED) is 0.767. The molecule has 7 nitrogen and oxygen atoms in total. The first-order valence-corrected chi connectivity index (χ1v) is 7.09. The highest BCUT2D eigenvalue weighted by Gasteiger charge is 2.51. The standard InChI is InChI=1S/C14H19N5O2/c1-9-8-10(2)16-12(15-9)19-6-4-14(5-7-19)11(20)18(3)13(21)17-14/h8H,4-7H2,1-3H3,(H,17,21). The van der Waals surface area contributed by atoms with Crippen molar-refractivity contribution in [2.75, 3.05) is 25.0 Å². The Labute approximate surface area is 123 Å². The lowest BCUT2D eigenvalue weighted by Gasteiger charge is -2.37. The van der Waals surface area contributed by atoms with Gasteiger partial charge in [0, 0.05) is 31.5 Å². The molecule has 0 unspecified atom stereocenters. The first-order valence-electron chi connectivity index (χ1n) is 7.09. The minimum absolute atomic E-state index is 0.131. The molecule has 112 valence electrons. The summed E-state index contributed by atoms with van der Waals surface area (Å²) in [4.78, 5) is 36.0. The first kappa shape index (κ1) is 13.8. The van der Waals surface area contributed by atoms with Gasteiger partial charge in [-0.1, -0.05) is 0 Å². The normalized spacial score (nSPS) is 21.1. The number of urea groups is 1. The number of hydrogen-bond donors (Lipinski definition) is 1. The van der Waals surface area contributed by atoms with Crippen molar-refractivity contribution in [3.8, 4) is 0 Å². The van der Waals surface area contributed by atoms with E-state index in [1.807, 2.05) is 19.9 Å². The number of imide groups is 1. The SMILES string of the molecule is Cc1cc(C)nc(N2CCC3(CC2)NC(=O)N(C)C3=O)n1. The van der Waals surface area contributed by atoms with Crippen molar-refractivity contribution in [2.45, 2.75) is 32.2 Å². The zero-order valence-corrected chi connectivity index (χ0v) is 12.5. The average molecular weight is 289 g/mol. The van der Waals surface area contributed by atoms with Crippen LogP contribution in [-0.2, 0) is 4.79 Å². The summed E-state index contributed by atoms with van der Waals surface area (Å²) in [6.07, 6.45) is 1.16. The van der Waals surface area contributed by atoms with Gasteiger partial charge in [-0.2, -0.15) is 0 Å².